The summed E-state index contributed by atoms with van der Waals surface area (Å²) in [4.78, 5) is 0. The van der Waals surface area contributed by atoms with Crippen LogP contribution in [0.3, 0.4) is 0 Å². The lowest BCUT2D eigenvalue weighted by Crippen LogP contribution is -2.20. The van der Waals surface area contributed by atoms with Crippen LogP contribution in [0.1, 0.15) is 18.9 Å². The lowest BCUT2D eigenvalue weighted by atomic mass is 10.3. The molecule has 0 aliphatic carbocycles. The van der Waals surface area contributed by atoms with Crippen molar-refractivity contribution in [2.24, 2.45) is 0 Å². The van der Waals surface area contributed by atoms with Gasteiger partial charge in [0.05, 0.1) is 6.10 Å². The third-order valence-electron chi connectivity index (χ3n) is 3.55. The second-order valence-electron chi connectivity index (χ2n) is 5.85. The Bertz CT molecular complexity index is 876. The minimum atomic E-state index is -0.719. The molecule has 1 heterocycles. The summed E-state index contributed by atoms with van der Waals surface area (Å²) in [5.74, 6) is 1.40. The summed E-state index contributed by atoms with van der Waals surface area (Å²) in [5.41, 5.74) is 0. The van der Waals surface area contributed by atoms with Crippen molar-refractivity contribution in [3.8, 4) is 11.5 Å². The molecule has 6 nitrogen and oxygen atoms in total. The van der Waals surface area contributed by atoms with Gasteiger partial charge in [0.25, 0.3) is 11.1 Å². The van der Waals surface area contributed by atoms with Gasteiger partial charge in [-0.1, -0.05) is 23.4 Å². The van der Waals surface area contributed by atoms with Gasteiger partial charge in [0.15, 0.2) is 6.10 Å². The number of hydrogen-bond acceptors (Lipinski definition) is 7. The van der Waals surface area contributed by atoms with Crippen LogP contribution in [0.25, 0.3) is 0 Å². The molecule has 0 radical (unpaired) electrons. The number of thioether (sulfide) groups is 1. The normalized spacial score (nSPS) is 13.1. The van der Waals surface area contributed by atoms with Crippen LogP contribution in [-0.4, -0.2) is 33.8 Å². The highest BCUT2D eigenvalue weighted by molar-refractivity contribution is 7.99. The molecule has 0 saturated carbocycles. The van der Waals surface area contributed by atoms with Crippen molar-refractivity contribution in [3.05, 3.63) is 65.3 Å². The monoisotopic (exact) mass is 424 g/mol. The van der Waals surface area contributed by atoms with E-state index in [1.165, 1.54) is 36.0 Å². The Hall–Kier alpha value is -2.29. The average molecular weight is 425 g/mol. The van der Waals surface area contributed by atoms with Gasteiger partial charge in [-0.2, -0.15) is 0 Å². The van der Waals surface area contributed by atoms with Gasteiger partial charge in [-0.15, -0.1) is 10.2 Å². The van der Waals surface area contributed by atoms with Gasteiger partial charge >= 0.3 is 0 Å². The van der Waals surface area contributed by atoms with Gasteiger partial charge in [-0.05, 0) is 55.5 Å². The molecule has 0 spiro atoms. The highest BCUT2D eigenvalue weighted by atomic mass is 35.5. The van der Waals surface area contributed by atoms with Gasteiger partial charge in [0.1, 0.15) is 23.9 Å². The Labute approximate surface area is 170 Å². The minimum absolute atomic E-state index is 0.125. The van der Waals surface area contributed by atoms with E-state index in [2.05, 4.69) is 10.2 Å². The third kappa shape index (κ3) is 6.12. The minimum Gasteiger partial charge on any atom is -0.491 e. The lowest BCUT2D eigenvalue weighted by molar-refractivity contribution is 0.126. The van der Waals surface area contributed by atoms with Crippen LogP contribution in [0.4, 0.5) is 4.39 Å². The van der Waals surface area contributed by atoms with Crippen molar-refractivity contribution in [2.45, 2.75) is 24.4 Å². The molecule has 1 N–H and O–H groups in total. The predicted molar refractivity (Wildman–Crippen MR) is 103 cm³/mol. The summed E-state index contributed by atoms with van der Waals surface area (Å²) in [6.45, 7) is 1.87. The van der Waals surface area contributed by atoms with Gasteiger partial charge in [0.2, 0.25) is 0 Å². The number of benzene rings is 2. The van der Waals surface area contributed by atoms with Gasteiger partial charge < -0.3 is 19.0 Å². The summed E-state index contributed by atoms with van der Waals surface area (Å²) in [7, 11) is 0. The molecule has 9 heteroatoms. The number of aromatic nitrogens is 2. The molecule has 28 heavy (non-hydrogen) atoms. The van der Waals surface area contributed by atoms with E-state index < -0.39 is 12.2 Å². The molecule has 1 aromatic heterocycles. The maximum Gasteiger partial charge on any atom is 0.276 e. The number of ether oxygens (including phenoxy) is 2. The number of nitrogens with zero attached hydrogens (tertiary/aromatic N) is 2. The zero-order valence-corrected chi connectivity index (χ0v) is 16.5. The second kappa shape index (κ2) is 9.77. The Morgan fingerprint density at radius 1 is 1.11 bits per heavy atom. The molecular formula is C19H18ClFN2O4S. The number of hydrogen-bond donors (Lipinski definition) is 1. The summed E-state index contributed by atoms with van der Waals surface area (Å²) in [6, 6.07) is 12.6. The number of rotatable bonds is 9. The molecule has 3 aromatic rings. The Kier molecular flexibility index (Phi) is 7.13. The van der Waals surface area contributed by atoms with Crippen molar-refractivity contribution < 1.29 is 23.4 Å². The van der Waals surface area contributed by atoms with E-state index in [-0.39, 0.29) is 12.4 Å². The number of aliphatic hydroxyl groups excluding tert-OH is 1. The molecular weight excluding hydrogens is 407 g/mol. The standard InChI is InChI=1S/C19H18ClFN2O4S/c1-12(26-17-8-4-14(21)5-9-17)18-22-23-19(27-18)28-11-15(24)10-25-16-6-2-13(20)3-7-16/h2-9,12,15,24H,10-11H2,1H3. The first-order valence-electron chi connectivity index (χ1n) is 8.44. The quantitative estimate of drug-likeness (QED) is 0.505. The molecule has 2 aromatic carbocycles. The molecule has 0 aliphatic heterocycles. The van der Waals surface area contributed by atoms with Crippen LogP contribution < -0.4 is 9.47 Å². The average Bonchev–Trinajstić information content (AvgIpc) is 3.17. The van der Waals surface area contributed by atoms with Crippen LogP contribution in [0.15, 0.2) is 58.2 Å². The van der Waals surface area contributed by atoms with Gasteiger partial charge in [-0.25, -0.2) is 4.39 Å². The SMILES string of the molecule is CC(Oc1ccc(F)cc1)c1nnc(SCC(O)COc2ccc(Cl)cc2)o1. The third-order valence-corrected chi connectivity index (χ3v) is 4.77. The lowest BCUT2D eigenvalue weighted by Gasteiger charge is -2.11. The highest BCUT2D eigenvalue weighted by Crippen LogP contribution is 2.24. The zero-order valence-electron chi connectivity index (χ0n) is 14.9. The van der Waals surface area contributed by atoms with Crippen LogP contribution >= 0.6 is 23.4 Å². The molecule has 0 fully saturated rings. The van der Waals surface area contributed by atoms with Crippen molar-refractivity contribution in [2.75, 3.05) is 12.4 Å². The second-order valence-corrected chi connectivity index (χ2v) is 7.26. The predicted octanol–water partition coefficient (Wildman–Crippen LogP) is 4.53. The van der Waals surface area contributed by atoms with E-state index >= 15 is 0 Å². The van der Waals surface area contributed by atoms with Crippen LogP contribution in [0.5, 0.6) is 11.5 Å². The molecule has 148 valence electrons. The van der Waals surface area contributed by atoms with Crippen molar-refractivity contribution in [1.82, 2.24) is 10.2 Å². The summed E-state index contributed by atoms with van der Waals surface area (Å²) >= 11 is 7.03. The number of aliphatic hydroxyl groups is 1. The smallest absolute Gasteiger partial charge is 0.276 e. The van der Waals surface area contributed by atoms with Crippen LogP contribution in [0.2, 0.25) is 5.02 Å². The van der Waals surface area contributed by atoms with E-state index in [9.17, 15) is 9.50 Å². The maximum atomic E-state index is 12.9. The topological polar surface area (TPSA) is 77.6 Å². The molecule has 0 aliphatic rings. The molecule has 2 unspecified atom stereocenters. The van der Waals surface area contributed by atoms with E-state index in [1.54, 1.807) is 31.2 Å². The first kappa shape index (κ1) is 20.4. The van der Waals surface area contributed by atoms with Crippen molar-refractivity contribution in [3.63, 3.8) is 0 Å². The van der Waals surface area contributed by atoms with Gasteiger partial charge in [0, 0.05) is 10.8 Å². The van der Waals surface area contributed by atoms with E-state index in [1.807, 2.05) is 0 Å². The van der Waals surface area contributed by atoms with Crippen LogP contribution in [0, 0.1) is 5.82 Å². The maximum absolute atomic E-state index is 12.9. The van der Waals surface area contributed by atoms with Crippen molar-refractivity contribution in [1.29, 1.82) is 0 Å². The fourth-order valence-electron chi connectivity index (χ4n) is 2.15. The Morgan fingerprint density at radius 3 is 2.50 bits per heavy atom. The molecule has 0 amide bonds. The number of halogens is 2. The van der Waals surface area contributed by atoms with Gasteiger partial charge in [-0.3, -0.25) is 0 Å². The fraction of sp³-hybridized carbons (Fsp3) is 0.263. The summed E-state index contributed by atoms with van der Waals surface area (Å²) in [5, 5.41) is 18.9. The highest BCUT2D eigenvalue weighted by Gasteiger charge is 2.17. The largest absolute Gasteiger partial charge is 0.491 e. The first-order chi connectivity index (χ1) is 13.5. The van der Waals surface area contributed by atoms with Crippen LogP contribution in [-0.2, 0) is 0 Å². The molecule has 3 rings (SSSR count). The first-order valence-corrected chi connectivity index (χ1v) is 9.81. The Balaban J connectivity index is 1.44. The summed E-state index contributed by atoms with van der Waals surface area (Å²) < 4.78 is 29.6. The molecule has 0 saturated heterocycles. The van der Waals surface area contributed by atoms with E-state index in [0.29, 0.717) is 33.4 Å². The zero-order chi connectivity index (χ0) is 19.9. The molecule has 2 atom stereocenters. The Morgan fingerprint density at radius 2 is 1.79 bits per heavy atom. The fourth-order valence-corrected chi connectivity index (χ4v) is 2.95. The van der Waals surface area contributed by atoms with E-state index in [4.69, 9.17) is 25.5 Å². The van der Waals surface area contributed by atoms with Crippen molar-refractivity contribution >= 4 is 23.4 Å². The van der Waals surface area contributed by atoms with E-state index in [0.717, 1.165) is 0 Å². The summed E-state index contributed by atoms with van der Waals surface area (Å²) in [6.07, 6.45) is -1.21. The molecule has 0 bridgehead atoms.